The zero-order valence-electron chi connectivity index (χ0n) is 16.1. The quantitative estimate of drug-likeness (QED) is 0.676. The molecule has 1 aromatic carbocycles. The van der Waals surface area contributed by atoms with E-state index in [1.165, 1.54) is 0 Å². The first-order chi connectivity index (χ1) is 12.1. The number of likely N-dealkylation sites (N-methyl/N-ethyl adjacent to an activating group) is 1. The van der Waals surface area contributed by atoms with E-state index in [2.05, 4.69) is 22.0 Å². The van der Waals surface area contributed by atoms with Gasteiger partial charge < -0.3 is 14.4 Å². The van der Waals surface area contributed by atoms with Gasteiger partial charge in [0.05, 0.1) is 7.11 Å². The molecule has 2 aliphatic rings. The third-order valence-corrected chi connectivity index (χ3v) is 6.40. The third kappa shape index (κ3) is 5.22. The van der Waals surface area contributed by atoms with E-state index < -0.39 is 4.87 Å². The summed E-state index contributed by atoms with van der Waals surface area (Å²) in [6.45, 7) is 6.79. The summed E-state index contributed by atoms with van der Waals surface area (Å²) < 4.78 is 11.4. The van der Waals surface area contributed by atoms with Gasteiger partial charge in [-0.2, -0.15) is 0 Å². The van der Waals surface area contributed by atoms with E-state index in [0.717, 1.165) is 38.5 Å². The van der Waals surface area contributed by atoms with E-state index in [0.29, 0.717) is 18.1 Å². The zero-order valence-corrected chi connectivity index (χ0v) is 18.5. The van der Waals surface area contributed by atoms with Crippen molar-refractivity contribution in [1.29, 1.82) is 0 Å². The summed E-state index contributed by atoms with van der Waals surface area (Å²) >= 11 is 1.69. The van der Waals surface area contributed by atoms with Crippen molar-refractivity contribution in [1.82, 2.24) is 14.9 Å². The molecule has 0 bridgehead atoms. The van der Waals surface area contributed by atoms with Crippen molar-refractivity contribution >= 4 is 42.4 Å². The van der Waals surface area contributed by atoms with Crippen LogP contribution in [0.3, 0.4) is 0 Å². The average Bonchev–Trinajstić information content (AvgIpc) is 3.06. The standard InChI is InChI=1S/C18H27N3O3S.2ClH/c1-15(22)18(14-24-17-7-5-4-6-16(17)23-3)21(12-13-25-18)20-10-8-19(2)9-11-20;;/h4-7H,8-14H2,1-3H3;2*1H. The van der Waals surface area contributed by atoms with Crippen LogP contribution in [0, 0.1) is 0 Å². The number of hydrazine groups is 1. The lowest BCUT2D eigenvalue weighted by atomic mass is 10.2. The second kappa shape index (κ2) is 10.7. The minimum Gasteiger partial charge on any atom is -0.493 e. The maximum Gasteiger partial charge on any atom is 0.173 e. The number of halogens is 2. The first-order valence-electron chi connectivity index (χ1n) is 8.68. The molecule has 2 fully saturated rings. The monoisotopic (exact) mass is 437 g/mol. The van der Waals surface area contributed by atoms with E-state index in [-0.39, 0.29) is 30.6 Å². The lowest BCUT2D eigenvalue weighted by Crippen LogP contribution is -2.62. The van der Waals surface area contributed by atoms with E-state index in [9.17, 15) is 4.79 Å². The van der Waals surface area contributed by atoms with Gasteiger partial charge in [-0.15, -0.1) is 36.6 Å². The van der Waals surface area contributed by atoms with Crippen molar-refractivity contribution in [3.8, 4) is 11.5 Å². The van der Waals surface area contributed by atoms with E-state index in [4.69, 9.17) is 9.47 Å². The molecule has 1 unspecified atom stereocenters. The predicted octanol–water partition coefficient (Wildman–Crippen LogP) is 2.41. The van der Waals surface area contributed by atoms with E-state index >= 15 is 0 Å². The van der Waals surface area contributed by atoms with Crippen molar-refractivity contribution in [3.05, 3.63) is 24.3 Å². The number of Topliss-reactive ketones (excluding diaryl/α,β-unsaturated/α-hetero) is 1. The summed E-state index contributed by atoms with van der Waals surface area (Å²) in [6.07, 6.45) is 0. The minimum atomic E-state index is -0.656. The Balaban J connectivity index is 0.00000182. The van der Waals surface area contributed by atoms with Gasteiger partial charge in [-0.1, -0.05) is 12.1 Å². The van der Waals surface area contributed by atoms with Gasteiger partial charge in [0.1, 0.15) is 6.61 Å². The van der Waals surface area contributed by atoms with Crippen LogP contribution in [-0.4, -0.2) is 84.8 Å². The molecule has 2 saturated heterocycles. The molecule has 27 heavy (non-hydrogen) atoms. The molecule has 1 aromatic rings. The predicted molar refractivity (Wildman–Crippen MR) is 115 cm³/mol. The second-order valence-corrected chi connectivity index (χ2v) is 7.88. The molecular weight excluding hydrogens is 409 g/mol. The molecule has 2 heterocycles. The molecule has 0 aliphatic carbocycles. The number of hydrogen-bond acceptors (Lipinski definition) is 7. The fourth-order valence-corrected chi connectivity index (χ4v) is 4.68. The number of benzene rings is 1. The lowest BCUT2D eigenvalue weighted by molar-refractivity contribution is -0.141. The largest absolute Gasteiger partial charge is 0.493 e. The highest BCUT2D eigenvalue weighted by atomic mass is 35.5. The lowest BCUT2D eigenvalue weighted by Gasteiger charge is -2.45. The maximum absolute atomic E-state index is 12.7. The highest BCUT2D eigenvalue weighted by Gasteiger charge is 2.50. The summed E-state index contributed by atoms with van der Waals surface area (Å²) in [5, 5.41) is 4.56. The Labute approximate surface area is 178 Å². The van der Waals surface area contributed by atoms with Crippen molar-refractivity contribution in [2.45, 2.75) is 11.8 Å². The Morgan fingerprint density at radius 2 is 1.74 bits per heavy atom. The smallest absolute Gasteiger partial charge is 0.173 e. The van der Waals surface area contributed by atoms with Crippen LogP contribution in [0.2, 0.25) is 0 Å². The first kappa shape index (κ1) is 24.3. The minimum absolute atomic E-state index is 0. The topological polar surface area (TPSA) is 45.3 Å². The number of para-hydroxylation sites is 2. The molecule has 0 amide bonds. The number of carbonyl (C=O) groups is 1. The summed E-state index contributed by atoms with van der Waals surface area (Å²) in [7, 11) is 3.77. The molecule has 2 aliphatic heterocycles. The Kier molecular flexibility index (Phi) is 9.68. The summed E-state index contributed by atoms with van der Waals surface area (Å²) in [5.74, 6) is 2.44. The van der Waals surface area contributed by atoms with E-state index in [1.54, 1.807) is 25.8 Å². The molecule has 0 aromatic heterocycles. The zero-order chi connectivity index (χ0) is 17.9. The van der Waals surface area contributed by atoms with Crippen LogP contribution in [-0.2, 0) is 4.79 Å². The number of thioether (sulfide) groups is 1. The van der Waals surface area contributed by atoms with Crippen LogP contribution in [0.5, 0.6) is 11.5 Å². The van der Waals surface area contributed by atoms with Gasteiger partial charge in [0, 0.05) is 38.5 Å². The molecular formula is C18H29Cl2N3O3S. The van der Waals surface area contributed by atoms with Crippen LogP contribution in [0.15, 0.2) is 24.3 Å². The molecule has 6 nitrogen and oxygen atoms in total. The van der Waals surface area contributed by atoms with Gasteiger partial charge >= 0.3 is 0 Å². The van der Waals surface area contributed by atoms with Gasteiger partial charge in [0.2, 0.25) is 0 Å². The maximum atomic E-state index is 12.7. The first-order valence-corrected chi connectivity index (χ1v) is 9.67. The number of ketones is 1. The molecule has 0 N–H and O–H groups in total. The van der Waals surface area contributed by atoms with Crippen LogP contribution in [0.4, 0.5) is 0 Å². The number of ether oxygens (including phenoxy) is 2. The van der Waals surface area contributed by atoms with Crippen LogP contribution >= 0.6 is 36.6 Å². The fraction of sp³-hybridized carbons (Fsp3) is 0.611. The number of carbonyl (C=O) groups excluding carboxylic acids is 1. The third-order valence-electron chi connectivity index (χ3n) is 4.92. The number of methoxy groups -OCH3 is 1. The summed E-state index contributed by atoms with van der Waals surface area (Å²) in [4.78, 5) is 14.3. The highest BCUT2D eigenvalue weighted by molar-refractivity contribution is 8.01. The molecule has 154 valence electrons. The molecule has 9 heteroatoms. The van der Waals surface area contributed by atoms with Crippen molar-refractivity contribution in [2.75, 3.05) is 59.2 Å². The van der Waals surface area contributed by atoms with Crippen LogP contribution in [0.25, 0.3) is 0 Å². The van der Waals surface area contributed by atoms with Gasteiger partial charge in [0.15, 0.2) is 22.2 Å². The summed E-state index contributed by atoms with van der Waals surface area (Å²) in [5.41, 5.74) is 0. The van der Waals surface area contributed by atoms with Crippen LogP contribution < -0.4 is 9.47 Å². The average molecular weight is 438 g/mol. The normalized spacial score (nSPS) is 24.0. The van der Waals surface area contributed by atoms with Gasteiger partial charge in [-0.25, -0.2) is 10.0 Å². The SMILES string of the molecule is COc1ccccc1OCC1(C(C)=O)SCCN1N1CCN(C)CC1.Cl.Cl. The van der Waals surface area contributed by atoms with Gasteiger partial charge in [-0.3, -0.25) is 4.79 Å². The molecule has 0 radical (unpaired) electrons. The van der Waals surface area contributed by atoms with Crippen molar-refractivity contribution < 1.29 is 14.3 Å². The van der Waals surface area contributed by atoms with Crippen LogP contribution in [0.1, 0.15) is 6.92 Å². The van der Waals surface area contributed by atoms with Gasteiger partial charge in [-0.05, 0) is 26.1 Å². The fourth-order valence-electron chi connectivity index (χ4n) is 3.38. The Morgan fingerprint density at radius 1 is 1.11 bits per heavy atom. The van der Waals surface area contributed by atoms with Crippen molar-refractivity contribution in [2.24, 2.45) is 0 Å². The molecule has 3 rings (SSSR count). The Bertz CT molecular complexity index is 617. The second-order valence-electron chi connectivity index (χ2n) is 6.51. The van der Waals surface area contributed by atoms with Crippen molar-refractivity contribution in [3.63, 3.8) is 0 Å². The molecule has 0 saturated carbocycles. The number of nitrogens with zero attached hydrogens (tertiary/aromatic N) is 3. The molecule has 0 spiro atoms. The number of hydrogen-bond donors (Lipinski definition) is 0. The highest BCUT2D eigenvalue weighted by Crippen LogP contribution is 2.39. The van der Waals surface area contributed by atoms with Gasteiger partial charge in [0.25, 0.3) is 0 Å². The Morgan fingerprint density at radius 3 is 2.33 bits per heavy atom. The molecule has 1 atom stereocenters. The van der Waals surface area contributed by atoms with E-state index in [1.807, 2.05) is 24.3 Å². The number of rotatable bonds is 6. The Hall–Kier alpha value is -0.700. The number of piperazine rings is 1. The summed E-state index contributed by atoms with van der Waals surface area (Å²) in [6, 6.07) is 7.58.